The van der Waals surface area contributed by atoms with Crippen molar-refractivity contribution in [1.29, 1.82) is 0 Å². The van der Waals surface area contributed by atoms with E-state index in [2.05, 4.69) is 24.1 Å². The van der Waals surface area contributed by atoms with Crippen molar-refractivity contribution < 1.29 is 28.0 Å². The van der Waals surface area contributed by atoms with Crippen LogP contribution in [0.1, 0.15) is 148 Å². The number of phenolic OH excluding ortho intramolecular Hbond substituents is 2. The number of hydrogen-bond acceptors (Lipinski definition) is 7. The number of hydrogen-bond donors (Lipinski definition) is 3. The number of amides is 1. The first-order chi connectivity index (χ1) is 23.2. The Morgan fingerprint density at radius 1 is 0.604 bits per heavy atom. The molecular weight excluding hydrogens is 627 g/mol. The number of carbonyl (C=O) groups is 1. The van der Waals surface area contributed by atoms with E-state index in [-0.39, 0.29) is 35.2 Å². The molecule has 0 radical (unpaired) electrons. The van der Waals surface area contributed by atoms with Crippen LogP contribution in [0.3, 0.4) is 0 Å². The van der Waals surface area contributed by atoms with Crippen molar-refractivity contribution in [3.8, 4) is 11.5 Å². The van der Waals surface area contributed by atoms with E-state index in [1.807, 2.05) is 4.90 Å². The van der Waals surface area contributed by atoms with Crippen LogP contribution in [0, 0.1) is 0 Å². The Balaban J connectivity index is 1.96. The summed E-state index contributed by atoms with van der Waals surface area (Å²) in [6, 6.07) is 7.81. The molecule has 270 valence electrons. The lowest BCUT2D eigenvalue weighted by Crippen LogP contribution is -2.34. The van der Waals surface area contributed by atoms with Gasteiger partial charge in [0, 0.05) is 13.1 Å². The molecule has 0 aliphatic rings. The molecule has 0 saturated heterocycles. The molecular formula is C38H61N3O6S. The molecule has 2 aromatic carbocycles. The summed E-state index contributed by atoms with van der Waals surface area (Å²) in [5.74, 6) is -0.478. The fourth-order valence-corrected chi connectivity index (χ4v) is 6.34. The zero-order chi connectivity index (χ0) is 35.0. The first kappa shape index (κ1) is 41.2. The first-order valence-corrected chi connectivity index (χ1v) is 19.9. The molecule has 0 saturated carbocycles. The fourth-order valence-electron chi connectivity index (χ4n) is 5.84. The summed E-state index contributed by atoms with van der Waals surface area (Å²) < 4.78 is 32.3. The Hall–Kier alpha value is -2.98. The summed E-state index contributed by atoms with van der Waals surface area (Å²) in [5, 5.41) is 28.3. The van der Waals surface area contributed by atoms with Gasteiger partial charge in [-0.25, -0.2) is 0 Å². The van der Waals surface area contributed by atoms with Crippen LogP contribution < -0.4 is 0 Å². The van der Waals surface area contributed by atoms with Crippen molar-refractivity contribution >= 4 is 27.4 Å². The van der Waals surface area contributed by atoms with Crippen molar-refractivity contribution in [3.05, 3.63) is 42.0 Å². The minimum Gasteiger partial charge on any atom is -0.506 e. The van der Waals surface area contributed by atoms with Gasteiger partial charge in [0.05, 0.1) is 11.3 Å². The van der Waals surface area contributed by atoms with Gasteiger partial charge in [-0.2, -0.15) is 8.42 Å². The molecule has 48 heavy (non-hydrogen) atoms. The summed E-state index contributed by atoms with van der Waals surface area (Å²) in [6.07, 6.45) is 25.0. The zero-order valence-electron chi connectivity index (χ0n) is 29.5. The maximum Gasteiger partial charge on any atom is 0.294 e. The highest BCUT2D eigenvalue weighted by Gasteiger charge is 2.16. The number of rotatable bonds is 27. The molecule has 0 fully saturated rings. The van der Waals surface area contributed by atoms with Crippen molar-refractivity contribution in [2.45, 2.75) is 154 Å². The van der Waals surface area contributed by atoms with Crippen LogP contribution >= 0.6 is 0 Å². The van der Waals surface area contributed by atoms with Gasteiger partial charge < -0.3 is 15.1 Å². The van der Waals surface area contributed by atoms with E-state index < -0.39 is 15.0 Å². The molecule has 0 atom stereocenters. The number of unbranched alkanes of at least 4 members (excludes halogenated alkanes) is 18. The highest BCUT2D eigenvalue weighted by molar-refractivity contribution is 7.85. The van der Waals surface area contributed by atoms with Crippen LogP contribution in [0.15, 0.2) is 51.5 Å². The van der Waals surface area contributed by atoms with Crippen LogP contribution in [0.4, 0.5) is 11.4 Å². The predicted molar refractivity (Wildman–Crippen MR) is 194 cm³/mol. The number of benzene rings is 2. The van der Waals surface area contributed by atoms with Crippen LogP contribution in [0.2, 0.25) is 0 Å². The summed E-state index contributed by atoms with van der Waals surface area (Å²) in [7, 11) is -4.50. The number of aromatic hydroxyl groups is 2. The topological polar surface area (TPSA) is 140 Å². The summed E-state index contributed by atoms with van der Waals surface area (Å²) >= 11 is 0. The molecule has 0 aromatic heterocycles. The zero-order valence-corrected chi connectivity index (χ0v) is 30.4. The second-order valence-corrected chi connectivity index (χ2v) is 14.5. The molecule has 1 amide bonds. The smallest absolute Gasteiger partial charge is 0.294 e. The van der Waals surface area contributed by atoms with Crippen molar-refractivity contribution in [1.82, 2.24) is 4.90 Å². The minimum absolute atomic E-state index is 0.0360. The first-order valence-electron chi connectivity index (χ1n) is 18.5. The predicted octanol–water partition coefficient (Wildman–Crippen LogP) is 11.0. The average Bonchev–Trinajstić information content (AvgIpc) is 3.05. The van der Waals surface area contributed by atoms with Crippen LogP contribution in [0.25, 0.3) is 0 Å². The summed E-state index contributed by atoms with van der Waals surface area (Å²) in [4.78, 5) is 15.1. The molecule has 2 aromatic rings. The third kappa shape index (κ3) is 17.4. The molecule has 0 aliphatic carbocycles. The second-order valence-electron chi connectivity index (χ2n) is 13.1. The van der Waals surface area contributed by atoms with Gasteiger partial charge >= 0.3 is 0 Å². The van der Waals surface area contributed by atoms with E-state index in [0.717, 1.165) is 57.0 Å². The standard InChI is InChI=1S/C38H61N3O6S/c1-3-5-7-9-11-13-15-17-19-21-27-41(28-22-20-18-16-14-12-10-8-6-4-2)38(44)30-32-23-25-36(42)34(29-32)39-40-35-31-33(48(45,46)47)24-26-37(35)43/h23-26,29,31,42-43H,3-22,27-28,30H2,1-2H3,(H,45,46,47). The van der Waals surface area contributed by atoms with Crippen LogP contribution in [0.5, 0.6) is 11.5 Å². The van der Waals surface area contributed by atoms with Crippen LogP contribution in [-0.2, 0) is 21.3 Å². The largest absolute Gasteiger partial charge is 0.506 e. The molecule has 3 N–H and O–H groups in total. The number of nitrogens with zero attached hydrogens (tertiary/aromatic N) is 3. The van der Waals surface area contributed by atoms with Gasteiger partial charge in [0.1, 0.15) is 22.9 Å². The Kier molecular flexibility index (Phi) is 20.8. The van der Waals surface area contributed by atoms with E-state index in [1.54, 1.807) is 12.1 Å². The maximum absolute atomic E-state index is 13.5. The molecule has 0 bridgehead atoms. The number of phenols is 2. The quantitative estimate of drug-likeness (QED) is 0.0485. The molecule has 9 nitrogen and oxygen atoms in total. The lowest BCUT2D eigenvalue weighted by Gasteiger charge is -2.23. The normalized spacial score (nSPS) is 11.8. The van der Waals surface area contributed by atoms with E-state index in [1.165, 1.54) is 109 Å². The molecule has 10 heteroatoms. The third-order valence-corrected chi connectivity index (χ3v) is 9.67. The van der Waals surface area contributed by atoms with Crippen LogP contribution in [-0.4, -0.2) is 47.1 Å². The van der Waals surface area contributed by atoms with Gasteiger partial charge in [-0.3, -0.25) is 9.35 Å². The SMILES string of the molecule is CCCCCCCCCCCCN(CCCCCCCCCCCC)C(=O)Cc1ccc(O)c(N=Nc2cc(S(=O)(=O)O)ccc2O)c1. The van der Waals surface area contributed by atoms with E-state index in [0.29, 0.717) is 5.56 Å². The van der Waals surface area contributed by atoms with Gasteiger partial charge in [0.25, 0.3) is 10.1 Å². The van der Waals surface area contributed by atoms with Gasteiger partial charge in [0.2, 0.25) is 5.91 Å². The third-order valence-electron chi connectivity index (χ3n) is 8.82. The molecule has 0 spiro atoms. The lowest BCUT2D eigenvalue weighted by atomic mass is 10.1. The Labute approximate surface area is 290 Å². The summed E-state index contributed by atoms with van der Waals surface area (Å²) in [5.41, 5.74) is 0.553. The van der Waals surface area contributed by atoms with Crippen molar-refractivity contribution in [2.24, 2.45) is 10.2 Å². The van der Waals surface area contributed by atoms with Gasteiger partial charge in [0.15, 0.2) is 0 Å². The lowest BCUT2D eigenvalue weighted by molar-refractivity contribution is -0.130. The highest BCUT2D eigenvalue weighted by Crippen LogP contribution is 2.34. The Morgan fingerprint density at radius 3 is 1.44 bits per heavy atom. The van der Waals surface area contributed by atoms with Crippen molar-refractivity contribution in [3.63, 3.8) is 0 Å². The maximum atomic E-state index is 13.5. The van der Waals surface area contributed by atoms with Gasteiger partial charge in [-0.05, 0) is 48.7 Å². The van der Waals surface area contributed by atoms with Gasteiger partial charge in [-0.15, -0.1) is 10.2 Å². The molecule has 2 rings (SSSR count). The average molecular weight is 688 g/mol. The van der Waals surface area contributed by atoms with E-state index in [4.69, 9.17) is 0 Å². The number of carbonyl (C=O) groups excluding carboxylic acids is 1. The molecule has 0 unspecified atom stereocenters. The van der Waals surface area contributed by atoms with Crippen molar-refractivity contribution in [2.75, 3.05) is 13.1 Å². The highest BCUT2D eigenvalue weighted by atomic mass is 32.2. The second kappa shape index (κ2) is 24.2. The fraction of sp³-hybridized carbons (Fsp3) is 0.658. The Bertz CT molecular complexity index is 1310. The molecule has 0 heterocycles. The Morgan fingerprint density at radius 2 is 1.00 bits per heavy atom. The van der Waals surface area contributed by atoms with E-state index >= 15 is 0 Å². The van der Waals surface area contributed by atoms with E-state index in [9.17, 15) is 28.0 Å². The monoisotopic (exact) mass is 687 g/mol. The minimum atomic E-state index is -4.50. The van der Waals surface area contributed by atoms with Gasteiger partial charge in [-0.1, -0.05) is 135 Å². The summed E-state index contributed by atoms with van der Waals surface area (Å²) in [6.45, 7) is 5.96. The molecule has 0 aliphatic heterocycles. The number of azo groups is 1.